The second-order valence-electron chi connectivity index (χ2n) is 8.25. The van der Waals surface area contributed by atoms with Crippen LogP contribution in [0.5, 0.6) is 11.5 Å². The number of carbonyl (C=O) groups excluding carboxylic acids is 3. The van der Waals surface area contributed by atoms with Gasteiger partial charge < -0.3 is 38.5 Å². The molecule has 0 bridgehead atoms. The van der Waals surface area contributed by atoms with Gasteiger partial charge in [-0.1, -0.05) is 13.3 Å². The lowest BCUT2D eigenvalue weighted by molar-refractivity contribution is -0.172. The number of carbonyl (C=O) groups is 3. The predicted molar refractivity (Wildman–Crippen MR) is 126 cm³/mol. The number of alkyl halides is 2. The van der Waals surface area contributed by atoms with E-state index in [2.05, 4.69) is 10.3 Å². The van der Waals surface area contributed by atoms with E-state index in [-0.39, 0.29) is 30.4 Å². The Hall–Kier alpha value is -3.10. The summed E-state index contributed by atoms with van der Waals surface area (Å²) >= 11 is 0. The summed E-state index contributed by atoms with van der Waals surface area (Å²) in [4.78, 5) is 41.0. The monoisotopic (exact) mass is 548 g/mol. The fraction of sp³-hybridized carbons (Fsp3) is 0.667. The Balaban J connectivity index is 2.20. The second kappa shape index (κ2) is 16.0. The molecule has 2 rings (SSSR count). The van der Waals surface area contributed by atoms with E-state index in [1.54, 1.807) is 0 Å². The van der Waals surface area contributed by atoms with Crippen LogP contribution in [0.2, 0.25) is 0 Å². The summed E-state index contributed by atoms with van der Waals surface area (Å²) in [7, 11) is 1.34. The van der Waals surface area contributed by atoms with Gasteiger partial charge in [0.25, 0.3) is 12.3 Å². The first-order valence-corrected chi connectivity index (χ1v) is 12.1. The van der Waals surface area contributed by atoms with E-state index in [9.17, 15) is 23.2 Å². The fourth-order valence-corrected chi connectivity index (χ4v) is 3.44. The summed E-state index contributed by atoms with van der Waals surface area (Å²) < 4.78 is 63.2. The van der Waals surface area contributed by atoms with Crippen LogP contribution >= 0.6 is 0 Å². The molecule has 1 aliphatic rings. The van der Waals surface area contributed by atoms with E-state index >= 15 is 0 Å². The quantitative estimate of drug-likeness (QED) is 0.219. The molecule has 0 aliphatic carbocycles. The number of hydrogen-bond donors (Lipinski definition) is 1. The van der Waals surface area contributed by atoms with Gasteiger partial charge in [-0.3, -0.25) is 9.59 Å². The van der Waals surface area contributed by atoms with Gasteiger partial charge in [-0.25, -0.2) is 18.6 Å². The molecule has 4 atom stereocenters. The van der Waals surface area contributed by atoms with Gasteiger partial charge in [0.2, 0.25) is 6.79 Å². The zero-order chi connectivity index (χ0) is 28.1. The van der Waals surface area contributed by atoms with Crippen molar-refractivity contribution in [2.24, 2.45) is 0 Å². The number of methoxy groups -OCH3 is 1. The number of nitrogens with zero attached hydrogens (tertiary/aromatic N) is 1. The lowest BCUT2D eigenvalue weighted by atomic mass is 10.1. The summed E-state index contributed by atoms with van der Waals surface area (Å²) in [5.41, 5.74) is -0.254. The molecular formula is C24H34F2N2O10. The summed E-state index contributed by atoms with van der Waals surface area (Å²) in [5.74, 6) is -2.31. The average Bonchev–Trinajstić information content (AvgIpc) is 2.91. The number of cyclic esters (lactones) is 1. The number of amides is 1. The van der Waals surface area contributed by atoms with Crippen LogP contribution in [0.15, 0.2) is 12.3 Å². The summed E-state index contributed by atoms with van der Waals surface area (Å²) in [6.07, 6.45) is -2.69. The standard InChI is InChI=1S/C24H34F2N2O10/c1-5-6-9-34-18-11-33-10-16(24(31)38-14(2)21(18)35-12-19(25)26)28-23(30)20-22(37-13-36-15(3)29)17(32-4)7-8-27-20/h7-8,14,16,18-19,21H,5-6,9-13H2,1-4H3,(H,28,30)/t14-,16-,18-,21-/m0/s1. The van der Waals surface area contributed by atoms with E-state index in [4.69, 9.17) is 33.2 Å². The molecule has 1 fully saturated rings. The predicted octanol–water partition coefficient (Wildman–Crippen LogP) is 1.89. The van der Waals surface area contributed by atoms with E-state index in [0.29, 0.717) is 6.61 Å². The molecule has 0 spiro atoms. The van der Waals surface area contributed by atoms with Crippen LogP contribution in [0.4, 0.5) is 8.78 Å². The minimum absolute atomic E-state index is 0.0981. The Morgan fingerprint density at radius 1 is 1.26 bits per heavy atom. The molecule has 1 aliphatic heterocycles. The maximum Gasteiger partial charge on any atom is 0.331 e. The maximum atomic E-state index is 13.1. The molecule has 0 aromatic carbocycles. The van der Waals surface area contributed by atoms with Gasteiger partial charge in [0.1, 0.15) is 24.9 Å². The Morgan fingerprint density at radius 2 is 2.03 bits per heavy atom. The van der Waals surface area contributed by atoms with Crippen molar-refractivity contribution in [1.29, 1.82) is 0 Å². The van der Waals surface area contributed by atoms with Crippen LogP contribution in [-0.2, 0) is 33.3 Å². The Kier molecular flexibility index (Phi) is 13.1. The Bertz CT molecular complexity index is 920. The molecule has 0 radical (unpaired) electrons. The van der Waals surface area contributed by atoms with Crippen molar-refractivity contribution in [3.05, 3.63) is 18.0 Å². The number of halogens is 2. The third kappa shape index (κ3) is 9.65. The largest absolute Gasteiger partial charge is 0.493 e. The van der Waals surface area contributed by atoms with Crippen molar-refractivity contribution in [3.8, 4) is 11.5 Å². The zero-order valence-electron chi connectivity index (χ0n) is 21.8. The van der Waals surface area contributed by atoms with Crippen molar-refractivity contribution in [2.75, 3.05) is 40.3 Å². The van der Waals surface area contributed by atoms with Gasteiger partial charge in [-0.2, -0.15) is 0 Å². The second-order valence-corrected chi connectivity index (χ2v) is 8.25. The van der Waals surface area contributed by atoms with E-state index in [0.717, 1.165) is 12.8 Å². The Labute approximate surface area is 219 Å². The first-order valence-electron chi connectivity index (χ1n) is 12.1. The van der Waals surface area contributed by atoms with Gasteiger partial charge in [-0.05, 0) is 13.3 Å². The first-order chi connectivity index (χ1) is 18.2. The number of rotatable bonds is 13. The third-order valence-corrected chi connectivity index (χ3v) is 5.30. The summed E-state index contributed by atoms with van der Waals surface area (Å²) in [5, 5.41) is 2.48. The molecule has 1 saturated heterocycles. The molecule has 1 aromatic heterocycles. The fourth-order valence-electron chi connectivity index (χ4n) is 3.44. The first kappa shape index (κ1) is 31.1. The van der Waals surface area contributed by atoms with E-state index < -0.39 is 62.0 Å². The van der Waals surface area contributed by atoms with Gasteiger partial charge in [0.05, 0.1) is 20.3 Å². The minimum atomic E-state index is -2.73. The minimum Gasteiger partial charge on any atom is -0.493 e. The van der Waals surface area contributed by atoms with Crippen molar-refractivity contribution in [3.63, 3.8) is 0 Å². The normalized spacial score (nSPS) is 22.0. The highest BCUT2D eigenvalue weighted by Gasteiger charge is 2.37. The third-order valence-electron chi connectivity index (χ3n) is 5.30. The van der Waals surface area contributed by atoms with E-state index in [1.807, 2.05) is 6.92 Å². The van der Waals surface area contributed by atoms with Crippen LogP contribution in [0.25, 0.3) is 0 Å². The molecule has 0 saturated carbocycles. The number of pyridine rings is 1. The highest BCUT2D eigenvalue weighted by molar-refractivity contribution is 5.98. The van der Waals surface area contributed by atoms with Crippen LogP contribution in [-0.4, -0.2) is 93.9 Å². The lowest BCUT2D eigenvalue weighted by Crippen LogP contribution is -2.47. The van der Waals surface area contributed by atoms with Crippen molar-refractivity contribution < 1.29 is 56.3 Å². The van der Waals surface area contributed by atoms with Crippen LogP contribution in [0.1, 0.15) is 44.1 Å². The lowest BCUT2D eigenvalue weighted by Gasteiger charge is -2.30. The average molecular weight is 549 g/mol. The molecule has 1 amide bonds. The molecule has 2 heterocycles. The highest BCUT2D eigenvalue weighted by Crippen LogP contribution is 2.29. The van der Waals surface area contributed by atoms with E-state index in [1.165, 1.54) is 33.2 Å². The van der Waals surface area contributed by atoms with Crippen molar-refractivity contribution in [2.45, 2.75) is 64.4 Å². The molecule has 12 nitrogen and oxygen atoms in total. The summed E-state index contributed by atoms with van der Waals surface area (Å²) in [6, 6.07) is 0.140. The molecule has 0 unspecified atom stereocenters. The van der Waals surface area contributed by atoms with Gasteiger partial charge in [0, 0.05) is 25.8 Å². The Morgan fingerprint density at radius 3 is 2.68 bits per heavy atom. The number of aromatic nitrogens is 1. The van der Waals surface area contributed by atoms with Gasteiger partial charge in [-0.15, -0.1) is 0 Å². The van der Waals surface area contributed by atoms with Gasteiger partial charge in [0.15, 0.2) is 23.2 Å². The van der Waals surface area contributed by atoms with Crippen LogP contribution in [0.3, 0.4) is 0 Å². The zero-order valence-corrected chi connectivity index (χ0v) is 21.8. The van der Waals surface area contributed by atoms with Crippen molar-refractivity contribution >= 4 is 17.8 Å². The molecular weight excluding hydrogens is 514 g/mol. The highest BCUT2D eigenvalue weighted by atomic mass is 19.3. The summed E-state index contributed by atoms with van der Waals surface area (Å²) in [6.45, 7) is 3.18. The van der Waals surface area contributed by atoms with Crippen molar-refractivity contribution in [1.82, 2.24) is 10.3 Å². The molecule has 1 aromatic rings. The number of nitrogens with one attached hydrogen (secondary N) is 1. The molecule has 1 N–H and O–H groups in total. The van der Waals surface area contributed by atoms with Gasteiger partial charge >= 0.3 is 11.9 Å². The maximum absolute atomic E-state index is 13.1. The van der Waals surface area contributed by atoms with Crippen LogP contribution in [0, 0.1) is 0 Å². The number of hydrogen-bond acceptors (Lipinski definition) is 11. The number of unbranched alkanes of at least 4 members (excludes halogenated alkanes) is 1. The molecule has 214 valence electrons. The number of ether oxygens (including phenoxy) is 7. The smallest absolute Gasteiger partial charge is 0.331 e. The SMILES string of the molecule is CCCCO[C@H]1COC[C@H](NC(=O)c2nccc(OC)c2OCOC(C)=O)C(=O)O[C@@H](C)[C@@H]1OCC(F)F. The van der Waals surface area contributed by atoms with Crippen LogP contribution < -0.4 is 14.8 Å². The number of esters is 2. The topological polar surface area (TPSA) is 141 Å². The molecule has 14 heteroatoms. The molecule has 38 heavy (non-hydrogen) atoms.